The van der Waals surface area contributed by atoms with Crippen LogP contribution >= 0.6 is 23.2 Å². The summed E-state index contributed by atoms with van der Waals surface area (Å²) in [5.41, 5.74) is 2.21. The predicted molar refractivity (Wildman–Crippen MR) is 61.3 cm³/mol. The molecular formula is C11H8Cl2N2. The van der Waals surface area contributed by atoms with Crippen molar-refractivity contribution in [2.45, 2.75) is 6.42 Å². The highest BCUT2D eigenvalue weighted by molar-refractivity contribution is 6.29. The van der Waals surface area contributed by atoms with E-state index in [4.69, 9.17) is 23.2 Å². The fourth-order valence-corrected chi connectivity index (χ4v) is 1.61. The molecule has 2 rings (SSSR count). The van der Waals surface area contributed by atoms with E-state index < -0.39 is 0 Å². The van der Waals surface area contributed by atoms with Crippen LogP contribution in [-0.2, 0) is 6.42 Å². The molecule has 0 amide bonds. The summed E-state index contributed by atoms with van der Waals surface area (Å²) in [6.07, 6.45) is 4.24. The van der Waals surface area contributed by atoms with Crippen LogP contribution in [0.1, 0.15) is 11.1 Å². The average Bonchev–Trinajstić information content (AvgIpc) is 2.22. The molecule has 4 heteroatoms. The van der Waals surface area contributed by atoms with E-state index in [9.17, 15) is 0 Å². The zero-order valence-electron chi connectivity index (χ0n) is 7.82. The molecule has 0 spiro atoms. The van der Waals surface area contributed by atoms with Gasteiger partial charge in [-0.25, -0.2) is 9.97 Å². The van der Waals surface area contributed by atoms with Crippen LogP contribution in [0.2, 0.25) is 10.3 Å². The molecule has 0 fully saturated rings. The van der Waals surface area contributed by atoms with Crippen molar-refractivity contribution in [1.82, 2.24) is 9.97 Å². The second-order valence-corrected chi connectivity index (χ2v) is 3.93. The van der Waals surface area contributed by atoms with Crippen LogP contribution in [0.3, 0.4) is 0 Å². The van der Waals surface area contributed by atoms with Gasteiger partial charge >= 0.3 is 0 Å². The van der Waals surface area contributed by atoms with E-state index >= 15 is 0 Å². The zero-order chi connectivity index (χ0) is 10.7. The standard InChI is InChI=1S/C11H8Cl2N2/c12-10-2-1-9(7-15-10)5-8-3-4-14-11(13)6-8/h1-4,6-7H,5H2. The molecule has 0 saturated heterocycles. The van der Waals surface area contributed by atoms with Crippen LogP contribution in [-0.4, -0.2) is 9.97 Å². The maximum Gasteiger partial charge on any atom is 0.129 e. The molecule has 0 aliphatic heterocycles. The van der Waals surface area contributed by atoms with Crippen molar-refractivity contribution in [2.75, 3.05) is 0 Å². The Hall–Kier alpha value is -1.12. The van der Waals surface area contributed by atoms with Crippen LogP contribution in [0.5, 0.6) is 0 Å². The smallest absolute Gasteiger partial charge is 0.129 e. The summed E-state index contributed by atoms with van der Waals surface area (Å²) in [6.45, 7) is 0. The molecule has 0 aromatic carbocycles. The number of pyridine rings is 2. The number of hydrogen-bond acceptors (Lipinski definition) is 2. The summed E-state index contributed by atoms with van der Waals surface area (Å²) in [5.74, 6) is 0. The lowest BCUT2D eigenvalue weighted by Gasteiger charge is -2.01. The van der Waals surface area contributed by atoms with Crippen molar-refractivity contribution >= 4 is 23.2 Å². The Kier molecular flexibility index (Phi) is 3.19. The molecule has 2 aromatic heterocycles. The minimum Gasteiger partial charge on any atom is -0.245 e. The average molecular weight is 239 g/mol. The van der Waals surface area contributed by atoms with Gasteiger partial charge in [-0.3, -0.25) is 0 Å². The Morgan fingerprint density at radius 1 is 0.933 bits per heavy atom. The maximum absolute atomic E-state index is 5.79. The van der Waals surface area contributed by atoms with E-state index in [-0.39, 0.29) is 0 Å². The molecule has 0 aliphatic carbocycles. The molecular weight excluding hydrogens is 231 g/mol. The van der Waals surface area contributed by atoms with Crippen molar-refractivity contribution in [2.24, 2.45) is 0 Å². The number of nitrogens with zero attached hydrogens (tertiary/aromatic N) is 2. The molecule has 0 aliphatic rings. The highest BCUT2D eigenvalue weighted by Gasteiger charge is 1.98. The van der Waals surface area contributed by atoms with Crippen molar-refractivity contribution in [3.05, 3.63) is 58.1 Å². The third kappa shape index (κ3) is 2.91. The lowest BCUT2D eigenvalue weighted by atomic mass is 10.1. The van der Waals surface area contributed by atoms with Gasteiger partial charge in [0.15, 0.2) is 0 Å². The molecule has 0 atom stereocenters. The first-order chi connectivity index (χ1) is 7.24. The van der Waals surface area contributed by atoms with Gasteiger partial charge in [-0.1, -0.05) is 29.3 Å². The quantitative estimate of drug-likeness (QED) is 0.751. The van der Waals surface area contributed by atoms with Gasteiger partial charge in [-0.15, -0.1) is 0 Å². The monoisotopic (exact) mass is 238 g/mol. The number of hydrogen-bond donors (Lipinski definition) is 0. The Balaban J connectivity index is 2.18. The molecule has 76 valence electrons. The minimum absolute atomic E-state index is 0.506. The summed E-state index contributed by atoms with van der Waals surface area (Å²) >= 11 is 11.5. The summed E-state index contributed by atoms with van der Waals surface area (Å²) < 4.78 is 0. The third-order valence-corrected chi connectivity index (χ3v) is 2.42. The first kappa shape index (κ1) is 10.4. The highest BCUT2D eigenvalue weighted by atomic mass is 35.5. The molecule has 0 bridgehead atoms. The number of halogens is 2. The molecule has 0 unspecified atom stereocenters. The Labute approximate surface area is 97.9 Å². The van der Waals surface area contributed by atoms with Gasteiger partial charge in [0.25, 0.3) is 0 Å². The van der Waals surface area contributed by atoms with E-state index in [2.05, 4.69) is 9.97 Å². The molecule has 2 aromatic rings. The predicted octanol–water partition coefficient (Wildman–Crippen LogP) is 3.37. The van der Waals surface area contributed by atoms with Gasteiger partial charge in [-0.05, 0) is 35.7 Å². The Bertz CT molecular complexity index is 454. The van der Waals surface area contributed by atoms with Crippen molar-refractivity contribution in [3.8, 4) is 0 Å². The summed E-state index contributed by atoms with van der Waals surface area (Å²) in [7, 11) is 0. The first-order valence-corrected chi connectivity index (χ1v) is 5.20. The minimum atomic E-state index is 0.506. The van der Waals surface area contributed by atoms with Crippen molar-refractivity contribution < 1.29 is 0 Å². The highest BCUT2D eigenvalue weighted by Crippen LogP contribution is 2.13. The largest absolute Gasteiger partial charge is 0.245 e. The van der Waals surface area contributed by atoms with Crippen LogP contribution in [0.4, 0.5) is 0 Å². The topological polar surface area (TPSA) is 25.8 Å². The first-order valence-electron chi connectivity index (χ1n) is 4.45. The fraction of sp³-hybridized carbons (Fsp3) is 0.0909. The van der Waals surface area contributed by atoms with Crippen LogP contribution in [0, 0.1) is 0 Å². The lowest BCUT2D eigenvalue weighted by Crippen LogP contribution is -1.90. The third-order valence-electron chi connectivity index (χ3n) is 1.99. The summed E-state index contributed by atoms with van der Waals surface area (Å²) in [5, 5.41) is 1.01. The van der Waals surface area contributed by atoms with E-state index in [1.54, 1.807) is 18.5 Å². The number of aromatic nitrogens is 2. The van der Waals surface area contributed by atoms with Gasteiger partial charge in [0.05, 0.1) is 0 Å². The fourth-order valence-electron chi connectivity index (χ4n) is 1.30. The van der Waals surface area contributed by atoms with Crippen LogP contribution in [0.25, 0.3) is 0 Å². The van der Waals surface area contributed by atoms with Gasteiger partial charge in [-0.2, -0.15) is 0 Å². The SMILES string of the molecule is Clc1ccc(Cc2ccnc(Cl)c2)cn1. The molecule has 0 N–H and O–H groups in total. The van der Waals surface area contributed by atoms with Crippen molar-refractivity contribution in [1.29, 1.82) is 0 Å². The molecule has 0 radical (unpaired) electrons. The number of rotatable bonds is 2. The molecule has 0 saturated carbocycles. The second kappa shape index (κ2) is 4.60. The van der Waals surface area contributed by atoms with Crippen LogP contribution in [0.15, 0.2) is 36.7 Å². The van der Waals surface area contributed by atoms with Crippen molar-refractivity contribution in [3.63, 3.8) is 0 Å². The lowest BCUT2D eigenvalue weighted by molar-refractivity contribution is 1.13. The van der Waals surface area contributed by atoms with E-state index in [1.165, 1.54) is 0 Å². The second-order valence-electron chi connectivity index (χ2n) is 3.15. The molecule has 2 nitrogen and oxygen atoms in total. The van der Waals surface area contributed by atoms with E-state index in [0.29, 0.717) is 10.3 Å². The van der Waals surface area contributed by atoms with Gasteiger partial charge < -0.3 is 0 Å². The maximum atomic E-state index is 5.79. The summed E-state index contributed by atoms with van der Waals surface area (Å²) in [4.78, 5) is 7.94. The Morgan fingerprint density at radius 2 is 1.80 bits per heavy atom. The van der Waals surface area contributed by atoms with E-state index in [1.807, 2.05) is 18.2 Å². The Morgan fingerprint density at radius 3 is 2.47 bits per heavy atom. The summed E-state index contributed by atoms with van der Waals surface area (Å²) in [6, 6.07) is 7.50. The van der Waals surface area contributed by atoms with Crippen LogP contribution < -0.4 is 0 Å². The van der Waals surface area contributed by atoms with Gasteiger partial charge in [0.2, 0.25) is 0 Å². The van der Waals surface area contributed by atoms with E-state index in [0.717, 1.165) is 17.5 Å². The normalized spacial score (nSPS) is 10.3. The van der Waals surface area contributed by atoms with Gasteiger partial charge in [0.1, 0.15) is 10.3 Å². The van der Waals surface area contributed by atoms with Gasteiger partial charge in [0, 0.05) is 12.4 Å². The zero-order valence-corrected chi connectivity index (χ0v) is 9.33. The molecule has 2 heterocycles. The molecule has 15 heavy (non-hydrogen) atoms.